The molecule has 1 heterocycles. The van der Waals surface area contributed by atoms with Crippen molar-refractivity contribution in [1.29, 1.82) is 0 Å². The van der Waals surface area contributed by atoms with E-state index in [9.17, 15) is 0 Å². The molecule has 2 nitrogen and oxygen atoms in total. The summed E-state index contributed by atoms with van der Waals surface area (Å²) in [5.41, 5.74) is 4.26. The molecule has 0 aromatic heterocycles. The second kappa shape index (κ2) is 9.67. The molecule has 0 radical (unpaired) electrons. The first-order valence-corrected chi connectivity index (χ1v) is 13.7. The number of hydrogen-bond donors (Lipinski definition) is 0. The lowest BCUT2D eigenvalue weighted by Crippen LogP contribution is -2.29. The van der Waals surface area contributed by atoms with Crippen LogP contribution < -0.4 is 10.6 Å². The monoisotopic (exact) mass is 471 g/mol. The van der Waals surface area contributed by atoms with E-state index in [1.807, 2.05) is 0 Å². The maximum Gasteiger partial charge on any atom is 0.216 e. The van der Waals surface area contributed by atoms with E-state index in [4.69, 9.17) is 9.73 Å². The molecule has 178 valence electrons. The highest BCUT2D eigenvalue weighted by atomic mass is 31.1. The van der Waals surface area contributed by atoms with Gasteiger partial charge >= 0.3 is 0 Å². The third-order valence-corrected chi connectivity index (χ3v) is 9.49. The Hall–Kier alpha value is -2.44. The molecule has 0 fully saturated rings. The van der Waals surface area contributed by atoms with Crippen LogP contribution in [0.4, 0.5) is 0 Å². The van der Waals surface area contributed by atoms with Crippen LogP contribution in [-0.4, -0.2) is 24.2 Å². The van der Waals surface area contributed by atoms with E-state index in [1.54, 1.807) is 0 Å². The minimum Gasteiger partial charge on any atom is -0.475 e. The number of nitrogens with zero attached hydrogens (tertiary/aromatic N) is 1. The van der Waals surface area contributed by atoms with Crippen molar-refractivity contribution in [1.82, 2.24) is 0 Å². The van der Waals surface area contributed by atoms with Crippen LogP contribution in [0.25, 0.3) is 0 Å². The van der Waals surface area contributed by atoms with Crippen molar-refractivity contribution in [2.45, 2.75) is 71.0 Å². The minimum atomic E-state index is -0.548. The zero-order valence-electron chi connectivity index (χ0n) is 21.7. The van der Waals surface area contributed by atoms with Gasteiger partial charge in [-0.15, -0.1) is 0 Å². The molecule has 3 heteroatoms. The van der Waals surface area contributed by atoms with Crippen LogP contribution in [0.5, 0.6) is 0 Å². The molecule has 34 heavy (non-hydrogen) atoms. The molecule has 0 N–H and O–H groups in total. The lowest BCUT2D eigenvalue weighted by Gasteiger charge is -2.28. The fourth-order valence-electron chi connectivity index (χ4n) is 4.38. The predicted octanol–water partition coefficient (Wildman–Crippen LogP) is 6.95. The van der Waals surface area contributed by atoms with Crippen molar-refractivity contribution in [2.75, 3.05) is 6.61 Å². The minimum absolute atomic E-state index is 0.0663. The summed E-state index contributed by atoms with van der Waals surface area (Å²) in [4.78, 5) is 5.19. The molecule has 3 aromatic rings. The summed E-state index contributed by atoms with van der Waals surface area (Å²) in [7, 11) is -0.548. The van der Waals surface area contributed by atoms with Crippen LogP contribution in [0.1, 0.15) is 65.2 Å². The van der Waals surface area contributed by atoms with Gasteiger partial charge in [-0.2, -0.15) is 0 Å². The predicted molar refractivity (Wildman–Crippen MR) is 149 cm³/mol. The summed E-state index contributed by atoms with van der Waals surface area (Å²) in [5, 5.41) is 2.79. The van der Waals surface area contributed by atoms with Gasteiger partial charge in [0.1, 0.15) is 6.61 Å². The second-order valence-corrected chi connectivity index (χ2v) is 14.0. The standard InChI is InChI=1S/C31H38NOP/c1-22(34(26-14-10-8-11-15-26)27-16-12-9-13-17-27)28-21-33-29(32-28)23-18-24(30(2,3)4)20-25(19-23)31(5,6)7/h8-20,22,28H,21H2,1-7H3/t22?,28-/m0/s1. The number of benzene rings is 3. The molecule has 1 unspecified atom stereocenters. The first kappa shape index (κ1) is 24.7. The van der Waals surface area contributed by atoms with Gasteiger partial charge in [-0.1, -0.05) is 115 Å². The number of rotatable bonds is 5. The highest BCUT2D eigenvalue weighted by Gasteiger charge is 2.33. The SMILES string of the molecule is CC([C@@H]1COC(c2cc(C(C)(C)C)cc(C(C)(C)C)c2)=N1)P(c1ccccc1)c1ccccc1. The van der Waals surface area contributed by atoms with Crippen molar-refractivity contribution in [3.05, 3.63) is 95.6 Å². The largest absolute Gasteiger partial charge is 0.475 e. The second-order valence-electron chi connectivity index (χ2n) is 11.4. The Bertz CT molecular complexity index is 1070. The molecule has 2 atom stereocenters. The molecule has 0 amide bonds. The van der Waals surface area contributed by atoms with Gasteiger partial charge in [0, 0.05) is 11.2 Å². The molecular formula is C31H38NOP. The van der Waals surface area contributed by atoms with E-state index >= 15 is 0 Å². The fourth-order valence-corrected chi connectivity index (χ4v) is 7.10. The van der Waals surface area contributed by atoms with Crippen molar-refractivity contribution in [2.24, 2.45) is 4.99 Å². The van der Waals surface area contributed by atoms with Gasteiger partial charge in [-0.25, -0.2) is 4.99 Å². The number of hydrogen-bond acceptors (Lipinski definition) is 2. The molecular weight excluding hydrogens is 433 g/mol. The van der Waals surface area contributed by atoms with Crippen LogP contribution in [0, 0.1) is 0 Å². The third-order valence-electron chi connectivity index (χ3n) is 6.62. The van der Waals surface area contributed by atoms with Gasteiger partial charge in [0.15, 0.2) is 0 Å². The van der Waals surface area contributed by atoms with E-state index in [1.165, 1.54) is 21.7 Å². The van der Waals surface area contributed by atoms with E-state index in [0.29, 0.717) is 12.3 Å². The highest BCUT2D eigenvalue weighted by molar-refractivity contribution is 7.73. The number of ether oxygens (including phenoxy) is 1. The molecule has 4 rings (SSSR count). The van der Waals surface area contributed by atoms with Crippen molar-refractivity contribution in [3.8, 4) is 0 Å². The molecule has 0 aliphatic carbocycles. The van der Waals surface area contributed by atoms with E-state index in [-0.39, 0.29) is 16.9 Å². The maximum absolute atomic E-state index is 6.29. The van der Waals surface area contributed by atoms with Crippen LogP contribution >= 0.6 is 7.92 Å². The van der Waals surface area contributed by atoms with Crippen LogP contribution in [0.3, 0.4) is 0 Å². The van der Waals surface area contributed by atoms with Crippen LogP contribution in [-0.2, 0) is 15.6 Å². The highest BCUT2D eigenvalue weighted by Crippen LogP contribution is 2.43. The van der Waals surface area contributed by atoms with Gasteiger partial charge < -0.3 is 4.74 Å². The van der Waals surface area contributed by atoms with Crippen LogP contribution in [0.15, 0.2) is 83.9 Å². The zero-order chi connectivity index (χ0) is 24.5. The third kappa shape index (κ3) is 5.44. The summed E-state index contributed by atoms with van der Waals surface area (Å²) >= 11 is 0. The van der Waals surface area contributed by atoms with E-state index < -0.39 is 7.92 Å². The zero-order valence-corrected chi connectivity index (χ0v) is 22.6. The lowest BCUT2D eigenvalue weighted by atomic mass is 9.79. The van der Waals surface area contributed by atoms with Gasteiger partial charge in [0.05, 0.1) is 6.04 Å². The lowest BCUT2D eigenvalue weighted by molar-refractivity contribution is 0.316. The van der Waals surface area contributed by atoms with E-state index in [0.717, 1.165) is 11.5 Å². The summed E-state index contributed by atoms with van der Waals surface area (Å²) in [6.07, 6.45) is 0. The molecule has 0 saturated carbocycles. The molecule has 1 aliphatic rings. The Morgan fingerprint density at radius 3 is 1.68 bits per heavy atom. The summed E-state index contributed by atoms with van der Waals surface area (Å²) in [5.74, 6) is 0.796. The molecule has 0 bridgehead atoms. The van der Waals surface area contributed by atoms with Crippen molar-refractivity contribution >= 4 is 24.4 Å². The Morgan fingerprint density at radius 2 is 1.24 bits per heavy atom. The smallest absolute Gasteiger partial charge is 0.216 e. The summed E-state index contributed by atoms with van der Waals surface area (Å²) in [6.45, 7) is 16.6. The van der Waals surface area contributed by atoms with Gasteiger partial charge in [-0.05, 0) is 52.6 Å². The molecule has 0 spiro atoms. The quantitative estimate of drug-likeness (QED) is 0.369. The molecule has 1 aliphatic heterocycles. The van der Waals surface area contributed by atoms with Crippen molar-refractivity contribution < 1.29 is 4.74 Å². The van der Waals surface area contributed by atoms with Gasteiger partial charge in [0.25, 0.3) is 0 Å². The number of aliphatic imine (C=N–C) groups is 1. The van der Waals surface area contributed by atoms with Crippen LogP contribution in [0.2, 0.25) is 0 Å². The molecule has 0 saturated heterocycles. The van der Waals surface area contributed by atoms with E-state index in [2.05, 4.69) is 127 Å². The Kier molecular flexibility index (Phi) is 7.02. The Balaban J connectivity index is 1.70. The molecule has 3 aromatic carbocycles. The Labute approximate surface area is 207 Å². The summed E-state index contributed by atoms with van der Waals surface area (Å²) in [6, 6.07) is 28.9. The average Bonchev–Trinajstić information content (AvgIpc) is 3.30. The first-order valence-electron chi connectivity index (χ1n) is 12.3. The topological polar surface area (TPSA) is 21.6 Å². The Morgan fingerprint density at radius 1 is 0.765 bits per heavy atom. The van der Waals surface area contributed by atoms with Crippen molar-refractivity contribution in [3.63, 3.8) is 0 Å². The normalized spacial score (nSPS) is 17.4. The van der Waals surface area contributed by atoms with Gasteiger partial charge in [-0.3, -0.25) is 0 Å². The van der Waals surface area contributed by atoms with Gasteiger partial charge in [0.2, 0.25) is 5.90 Å². The first-order chi connectivity index (χ1) is 16.0. The average molecular weight is 472 g/mol. The fraction of sp³-hybridized carbons (Fsp3) is 0.387. The summed E-state index contributed by atoms with van der Waals surface area (Å²) < 4.78 is 6.29. The maximum atomic E-state index is 6.29.